The van der Waals surface area contributed by atoms with E-state index in [0.29, 0.717) is 5.92 Å². The first kappa shape index (κ1) is 34.1. The predicted octanol–water partition coefficient (Wildman–Crippen LogP) is 4.11. The lowest BCUT2D eigenvalue weighted by Crippen LogP contribution is -2.71. The highest BCUT2D eigenvalue weighted by atomic mass is 16.5. The fourth-order valence-electron chi connectivity index (χ4n) is 5.29. The SMILES string of the molecule is CC(C)CC(N)c1ccccc1N1CCCCC1.O=C(O)C(O)(C(=O)c1ccccc1)C(O)(C(=O)O)C(=O)c1ccccc1. The van der Waals surface area contributed by atoms with Crippen LogP contribution >= 0.6 is 0 Å². The molecule has 0 saturated carbocycles. The largest absolute Gasteiger partial charge is 0.479 e. The summed E-state index contributed by atoms with van der Waals surface area (Å²) in [7, 11) is 0. The van der Waals surface area contributed by atoms with Crippen LogP contribution in [0.2, 0.25) is 0 Å². The molecule has 1 fully saturated rings. The number of carboxylic acids is 2. The molecule has 1 heterocycles. The Kier molecular flexibility index (Phi) is 11.5. The van der Waals surface area contributed by atoms with Gasteiger partial charge < -0.3 is 31.1 Å². The first-order valence-corrected chi connectivity index (χ1v) is 14.6. The molecule has 0 radical (unpaired) electrons. The number of para-hydroxylation sites is 1. The number of Topliss-reactive ketones (excluding diaryl/α,β-unsaturated/α-hetero) is 2. The molecule has 6 N–H and O–H groups in total. The smallest absolute Gasteiger partial charge is 0.348 e. The van der Waals surface area contributed by atoms with E-state index < -0.39 is 45.8 Å². The molecule has 0 aromatic heterocycles. The van der Waals surface area contributed by atoms with Crippen LogP contribution in [0.5, 0.6) is 0 Å². The molecule has 1 aliphatic rings. The van der Waals surface area contributed by atoms with Gasteiger partial charge in [0.1, 0.15) is 0 Å². The molecule has 3 aromatic rings. The number of nitrogens with zero attached hydrogens (tertiary/aromatic N) is 1. The van der Waals surface area contributed by atoms with Crippen LogP contribution in [0.15, 0.2) is 84.9 Å². The van der Waals surface area contributed by atoms with Gasteiger partial charge in [-0.1, -0.05) is 92.7 Å². The van der Waals surface area contributed by atoms with Gasteiger partial charge in [0.2, 0.25) is 11.6 Å². The quantitative estimate of drug-likeness (QED) is 0.158. The van der Waals surface area contributed by atoms with Crippen LogP contribution in [0.1, 0.15) is 71.9 Å². The molecule has 44 heavy (non-hydrogen) atoms. The first-order chi connectivity index (χ1) is 20.9. The molecule has 4 rings (SSSR count). The van der Waals surface area contributed by atoms with E-state index in [1.807, 2.05) is 0 Å². The van der Waals surface area contributed by atoms with Crippen LogP contribution in [0, 0.1) is 5.92 Å². The third-order valence-corrected chi connectivity index (χ3v) is 7.63. The average Bonchev–Trinajstić information content (AvgIpc) is 3.04. The molecule has 10 heteroatoms. The Balaban J connectivity index is 0.000000257. The number of nitrogens with two attached hydrogens (primary N) is 1. The first-order valence-electron chi connectivity index (χ1n) is 14.6. The molecule has 3 atom stereocenters. The van der Waals surface area contributed by atoms with Gasteiger partial charge in [-0.2, -0.15) is 0 Å². The predicted molar refractivity (Wildman–Crippen MR) is 166 cm³/mol. The number of ketones is 2. The maximum absolute atomic E-state index is 12.6. The Morgan fingerprint density at radius 1 is 0.705 bits per heavy atom. The third kappa shape index (κ3) is 7.21. The average molecular weight is 605 g/mol. The number of anilines is 1. The number of aliphatic carboxylic acids is 2. The van der Waals surface area contributed by atoms with Crippen molar-refractivity contribution in [1.29, 1.82) is 0 Å². The Hall–Kier alpha value is -4.38. The van der Waals surface area contributed by atoms with Crippen LogP contribution in [-0.2, 0) is 9.59 Å². The second-order valence-corrected chi connectivity index (χ2v) is 11.3. The van der Waals surface area contributed by atoms with Crippen molar-refractivity contribution in [2.75, 3.05) is 18.0 Å². The summed E-state index contributed by atoms with van der Waals surface area (Å²) in [4.78, 5) is 51.0. The summed E-state index contributed by atoms with van der Waals surface area (Å²) >= 11 is 0. The molecular weight excluding hydrogens is 564 g/mol. The van der Waals surface area contributed by atoms with Gasteiger partial charge in [-0.3, -0.25) is 9.59 Å². The minimum absolute atomic E-state index is 0.170. The molecule has 3 aromatic carbocycles. The highest BCUT2D eigenvalue weighted by Gasteiger charge is 2.69. The van der Waals surface area contributed by atoms with Crippen LogP contribution in [-0.4, -0.2) is 68.2 Å². The van der Waals surface area contributed by atoms with Crippen LogP contribution in [0.25, 0.3) is 0 Å². The molecule has 0 amide bonds. The van der Waals surface area contributed by atoms with Crippen LogP contribution in [0.4, 0.5) is 5.69 Å². The summed E-state index contributed by atoms with van der Waals surface area (Å²) < 4.78 is 0. The number of piperidine rings is 1. The van der Waals surface area contributed by atoms with E-state index in [9.17, 15) is 39.6 Å². The van der Waals surface area contributed by atoms with Gasteiger partial charge in [0.15, 0.2) is 0 Å². The van der Waals surface area contributed by atoms with E-state index in [1.54, 1.807) is 0 Å². The van der Waals surface area contributed by atoms with Crippen molar-refractivity contribution in [3.63, 3.8) is 0 Å². The molecule has 1 aliphatic heterocycles. The fourth-order valence-corrected chi connectivity index (χ4v) is 5.29. The van der Waals surface area contributed by atoms with Gasteiger partial charge in [-0.15, -0.1) is 0 Å². The van der Waals surface area contributed by atoms with Crippen molar-refractivity contribution in [3.05, 3.63) is 102 Å². The zero-order valence-electron chi connectivity index (χ0n) is 24.9. The Morgan fingerprint density at radius 2 is 1.11 bits per heavy atom. The van der Waals surface area contributed by atoms with Crippen LogP contribution in [0.3, 0.4) is 0 Å². The maximum atomic E-state index is 12.6. The second kappa shape index (κ2) is 14.9. The number of rotatable bonds is 11. The van der Waals surface area contributed by atoms with E-state index in [1.165, 1.54) is 80.0 Å². The molecule has 3 unspecified atom stereocenters. The summed E-state index contributed by atoms with van der Waals surface area (Å²) in [6, 6.07) is 21.7. The second-order valence-electron chi connectivity index (χ2n) is 11.3. The Bertz CT molecular complexity index is 1370. The van der Waals surface area contributed by atoms with E-state index >= 15 is 0 Å². The Labute approximate surface area is 256 Å². The van der Waals surface area contributed by atoms with Gasteiger partial charge in [0.25, 0.3) is 11.2 Å². The standard InChI is InChI=1S/C18H14O8.C16H26N2/c19-13(11-7-3-1-4-8-11)17(25,15(21)22)18(26,16(23)24)14(20)12-9-5-2-6-10-12;1-13(2)12-15(17)14-8-4-5-9-16(14)18-10-6-3-7-11-18/h1-10,25-26H,(H,21,22)(H,23,24);4-5,8-9,13,15H,3,6-7,10-12,17H2,1-2H3. The minimum atomic E-state index is -3.95. The van der Waals surface area contributed by atoms with Crippen molar-refractivity contribution in [2.45, 2.75) is 56.8 Å². The minimum Gasteiger partial charge on any atom is -0.479 e. The topological polar surface area (TPSA) is 178 Å². The lowest BCUT2D eigenvalue weighted by atomic mass is 9.73. The zero-order valence-corrected chi connectivity index (χ0v) is 24.9. The summed E-state index contributed by atoms with van der Waals surface area (Å²) in [5, 5.41) is 39.9. The Morgan fingerprint density at radius 3 is 1.52 bits per heavy atom. The number of hydrogen-bond acceptors (Lipinski definition) is 8. The van der Waals surface area contributed by atoms with Gasteiger partial charge in [-0.05, 0) is 43.2 Å². The van der Waals surface area contributed by atoms with E-state index in [-0.39, 0.29) is 6.04 Å². The summed E-state index contributed by atoms with van der Waals surface area (Å²) in [5.41, 5.74) is 0.386. The zero-order chi connectivity index (χ0) is 32.5. The van der Waals surface area contributed by atoms with Gasteiger partial charge in [-0.25, -0.2) is 9.59 Å². The van der Waals surface area contributed by atoms with Crippen molar-refractivity contribution in [2.24, 2.45) is 11.7 Å². The number of carboxylic acid groups (broad SMARTS) is 2. The van der Waals surface area contributed by atoms with Crippen LogP contribution < -0.4 is 10.6 Å². The van der Waals surface area contributed by atoms with Gasteiger partial charge in [0.05, 0.1) is 0 Å². The van der Waals surface area contributed by atoms with E-state index in [0.717, 1.165) is 30.7 Å². The highest BCUT2D eigenvalue weighted by Crippen LogP contribution is 2.32. The number of carbonyl (C=O) groups excluding carboxylic acids is 2. The summed E-state index contributed by atoms with van der Waals surface area (Å²) in [6.07, 6.45) is 5.06. The van der Waals surface area contributed by atoms with Gasteiger partial charge in [0, 0.05) is 35.9 Å². The van der Waals surface area contributed by atoms with E-state index in [4.69, 9.17) is 5.73 Å². The lowest BCUT2D eigenvalue weighted by Gasteiger charge is -2.34. The number of aliphatic hydroxyl groups is 2. The van der Waals surface area contributed by atoms with Gasteiger partial charge >= 0.3 is 11.9 Å². The third-order valence-electron chi connectivity index (χ3n) is 7.63. The molecule has 1 saturated heterocycles. The summed E-state index contributed by atoms with van der Waals surface area (Å²) in [5.74, 6) is -7.38. The van der Waals surface area contributed by atoms with Crippen molar-refractivity contribution in [3.8, 4) is 0 Å². The summed E-state index contributed by atoms with van der Waals surface area (Å²) in [6.45, 7) is 6.85. The van der Waals surface area contributed by atoms with Crippen molar-refractivity contribution >= 4 is 29.2 Å². The van der Waals surface area contributed by atoms with Crippen molar-refractivity contribution < 1.29 is 39.6 Å². The fraction of sp³-hybridized carbons (Fsp3) is 0.353. The molecule has 0 aliphatic carbocycles. The number of hydrogen-bond donors (Lipinski definition) is 5. The molecule has 234 valence electrons. The lowest BCUT2D eigenvalue weighted by molar-refractivity contribution is -0.187. The highest BCUT2D eigenvalue weighted by molar-refractivity contribution is 6.28. The molecular formula is C34H40N2O8. The molecule has 0 bridgehead atoms. The number of benzene rings is 3. The van der Waals surface area contributed by atoms with Crippen molar-refractivity contribution in [1.82, 2.24) is 0 Å². The molecule has 0 spiro atoms. The van der Waals surface area contributed by atoms with E-state index in [2.05, 4.69) is 43.0 Å². The molecule has 10 nitrogen and oxygen atoms in total. The maximum Gasteiger partial charge on any atom is 0.348 e. The normalized spacial score (nSPS) is 16.5. The monoisotopic (exact) mass is 604 g/mol. The number of carbonyl (C=O) groups is 4.